The van der Waals surface area contributed by atoms with Gasteiger partial charge in [-0.15, -0.1) is 0 Å². The van der Waals surface area contributed by atoms with E-state index in [2.05, 4.69) is 108 Å². The van der Waals surface area contributed by atoms with Crippen LogP contribution >= 0.6 is 0 Å². The molecule has 0 heterocycles. The normalized spacial score (nSPS) is 12.2. The van der Waals surface area contributed by atoms with Gasteiger partial charge in [-0.25, -0.2) is 0 Å². The molecule has 8 aromatic rings. The van der Waals surface area contributed by atoms with E-state index in [1.807, 2.05) is 14.1 Å². The highest BCUT2D eigenvalue weighted by Gasteiger charge is 2.20. The summed E-state index contributed by atoms with van der Waals surface area (Å²) in [7, 11) is 4.09. The molecular formula is C34H24N2. The molecule has 8 rings (SSSR count). The predicted molar refractivity (Wildman–Crippen MR) is 159 cm³/mol. The Labute approximate surface area is 208 Å². The summed E-state index contributed by atoms with van der Waals surface area (Å²) in [4.78, 5) is 0. The summed E-state index contributed by atoms with van der Waals surface area (Å²) < 4.78 is 0. The number of benzene rings is 8. The molecule has 0 aliphatic rings. The first-order valence-corrected chi connectivity index (χ1v) is 12.5. The molecule has 0 aromatic heterocycles. The first-order chi connectivity index (χ1) is 17.8. The molecule has 0 saturated carbocycles. The molecule has 0 aliphatic carbocycles. The highest BCUT2D eigenvalue weighted by Crippen LogP contribution is 2.48. The summed E-state index contributed by atoms with van der Waals surface area (Å²) in [6.45, 7) is 0. The van der Waals surface area contributed by atoms with Crippen molar-refractivity contribution in [1.29, 1.82) is 0 Å². The molecule has 2 nitrogen and oxygen atoms in total. The summed E-state index contributed by atoms with van der Waals surface area (Å²) >= 11 is 0. The third-order valence-electron chi connectivity index (χ3n) is 8.09. The van der Waals surface area contributed by atoms with Crippen molar-refractivity contribution in [3.05, 3.63) is 97.1 Å². The maximum Gasteiger partial charge on any atom is 0.0497 e. The SMILES string of the molecule is CNc1c2cc3ccccc3cc2c2ccc3c4cc5ccccc5cc4c(NC)c4ccc1c2c43. The van der Waals surface area contributed by atoms with Gasteiger partial charge >= 0.3 is 0 Å². The molecule has 170 valence electrons. The van der Waals surface area contributed by atoms with E-state index < -0.39 is 0 Å². The van der Waals surface area contributed by atoms with Crippen molar-refractivity contribution in [3.8, 4) is 0 Å². The fourth-order valence-corrected chi connectivity index (χ4v) is 6.53. The van der Waals surface area contributed by atoms with Gasteiger partial charge in [-0.3, -0.25) is 0 Å². The Hall–Kier alpha value is -4.56. The Morgan fingerprint density at radius 1 is 0.361 bits per heavy atom. The van der Waals surface area contributed by atoms with Gasteiger partial charge in [-0.1, -0.05) is 72.8 Å². The minimum atomic E-state index is 1.20. The molecule has 0 radical (unpaired) electrons. The van der Waals surface area contributed by atoms with Crippen LogP contribution in [0.2, 0.25) is 0 Å². The molecule has 2 heteroatoms. The minimum Gasteiger partial charge on any atom is -0.387 e. The molecule has 0 amide bonds. The molecule has 0 unspecified atom stereocenters. The van der Waals surface area contributed by atoms with Crippen molar-refractivity contribution in [3.63, 3.8) is 0 Å². The average molecular weight is 461 g/mol. The van der Waals surface area contributed by atoms with Gasteiger partial charge < -0.3 is 10.6 Å². The molecule has 0 saturated heterocycles. The second kappa shape index (κ2) is 6.99. The van der Waals surface area contributed by atoms with E-state index in [0.717, 1.165) is 0 Å². The lowest BCUT2D eigenvalue weighted by Gasteiger charge is -2.21. The molecular weight excluding hydrogens is 436 g/mol. The summed E-state index contributed by atoms with van der Waals surface area (Å²) in [5.41, 5.74) is 2.39. The number of rotatable bonds is 2. The number of anilines is 2. The smallest absolute Gasteiger partial charge is 0.0497 e. The van der Waals surface area contributed by atoms with Crippen LogP contribution in [0.15, 0.2) is 97.1 Å². The summed E-state index contributed by atoms with van der Waals surface area (Å²) in [5, 5.41) is 25.2. The van der Waals surface area contributed by atoms with Gasteiger partial charge in [-0.05, 0) is 67.4 Å². The minimum absolute atomic E-state index is 1.20. The molecule has 36 heavy (non-hydrogen) atoms. The van der Waals surface area contributed by atoms with E-state index in [9.17, 15) is 0 Å². The van der Waals surface area contributed by atoms with Gasteiger partial charge in [0, 0.05) is 57.8 Å². The molecule has 0 atom stereocenters. The fraction of sp³-hybridized carbons (Fsp3) is 0.0588. The van der Waals surface area contributed by atoms with Gasteiger partial charge in [-0.2, -0.15) is 0 Å². The van der Waals surface area contributed by atoms with Gasteiger partial charge in [0.1, 0.15) is 0 Å². The van der Waals surface area contributed by atoms with Crippen molar-refractivity contribution in [2.75, 3.05) is 24.7 Å². The standard InChI is InChI=1S/C34H24N2/c1-35-33-25-13-14-26-32-24(28-16-20-8-4-6-10-22(20)18-30(28)34(26)36-2)12-11-23(31(25)32)27-15-19-7-3-5-9-21(19)17-29(27)33/h3-18,35-36H,1-2H3. The lowest BCUT2D eigenvalue weighted by Crippen LogP contribution is -1.97. The third-order valence-corrected chi connectivity index (χ3v) is 8.09. The van der Waals surface area contributed by atoms with E-state index >= 15 is 0 Å². The Kier molecular flexibility index (Phi) is 3.83. The van der Waals surface area contributed by atoms with E-state index in [4.69, 9.17) is 0 Å². The van der Waals surface area contributed by atoms with Crippen LogP contribution in [0.3, 0.4) is 0 Å². The fourth-order valence-electron chi connectivity index (χ4n) is 6.53. The highest BCUT2D eigenvalue weighted by molar-refractivity contribution is 6.39. The summed E-state index contributed by atoms with van der Waals surface area (Å²) in [6.07, 6.45) is 0. The van der Waals surface area contributed by atoms with E-state index in [-0.39, 0.29) is 0 Å². The second-order valence-corrected chi connectivity index (χ2v) is 9.81. The van der Waals surface area contributed by atoms with Gasteiger partial charge in [0.25, 0.3) is 0 Å². The van der Waals surface area contributed by atoms with E-state index in [1.54, 1.807) is 0 Å². The zero-order valence-electron chi connectivity index (χ0n) is 20.2. The van der Waals surface area contributed by atoms with Crippen molar-refractivity contribution in [2.45, 2.75) is 0 Å². The molecule has 0 bridgehead atoms. The quantitative estimate of drug-likeness (QED) is 0.198. The molecule has 0 aliphatic heterocycles. The lowest BCUT2D eigenvalue weighted by molar-refractivity contribution is 1.57. The van der Waals surface area contributed by atoms with Crippen LogP contribution in [0.1, 0.15) is 0 Å². The second-order valence-electron chi connectivity index (χ2n) is 9.81. The summed E-state index contributed by atoms with van der Waals surface area (Å²) in [6, 6.07) is 36.0. The Balaban J connectivity index is 1.66. The van der Waals surface area contributed by atoms with Crippen molar-refractivity contribution in [1.82, 2.24) is 0 Å². The van der Waals surface area contributed by atoms with Crippen LogP contribution in [0, 0.1) is 0 Å². The maximum atomic E-state index is 3.56. The number of hydrogen-bond donors (Lipinski definition) is 2. The van der Waals surface area contributed by atoms with Crippen molar-refractivity contribution >= 4 is 86.8 Å². The first kappa shape index (κ1) is 19.7. The molecule has 2 N–H and O–H groups in total. The van der Waals surface area contributed by atoms with Crippen molar-refractivity contribution < 1.29 is 0 Å². The number of hydrogen-bond acceptors (Lipinski definition) is 2. The Morgan fingerprint density at radius 3 is 1.06 bits per heavy atom. The lowest BCUT2D eigenvalue weighted by atomic mass is 9.85. The van der Waals surface area contributed by atoms with Crippen molar-refractivity contribution in [2.24, 2.45) is 0 Å². The first-order valence-electron chi connectivity index (χ1n) is 12.5. The largest absolute Gasteiger partial charge is 0.387 e. The number of nitrogens with one attached hydrogen (secondary N) is 2. The molecule has 0 spiro atoms. The van der Waals surface area contributed by atoms with Crippen LogP contribution in [0.4, 0.5) is 11.4 Å². The van der Waals surface area contributed by atoms with Gasteiger partial charge in [0.2, 0.25) is 0 Å². The summed E-state index contributed by atoms with van der Waals surface area (Å²) in [5.74, 6) is 0. The maximum absolute atomic E-state index is 3.56. The van der Waals surface area contributed by atoms with Crippen LogP contribution in [-0.4, -0.2) is 14.1 Å². The topological polar surface area (TPSA) is 24.1 Å². The predicted octanol–water partition coefficient (Wildman–Crippen LogP) is 9.28. The van der Waals surface area contributed by atoms with Crippen LogP contribution < -0.4 is 10.6 Å². The van der Waals surface area contributed by atoms with Crippen LogP contribution in [0.25, 0.3) is 75.4 Å². The van der Waals surface area contributed by atoms with Gasteiger partial charge in [0.15, 0.2) is 0 Å². The van der Waals surface area contributed by atoms with Gasteiger partial charge in [0.05, 0.1) is 0 Å². The third kappa shape index (κ3) is 2.41. The number of fused-ring (bicyclic) bond motifs is 6. The van der Waals surface area contributed by atoms with E-state index in [0.29, 0.717) is 0 Å². The van der Waals surface area contributed by atoms with Crippen LogP contribution in [0.5, 0.6) is 0 Å². The van der Waals surface area contributed by atoms with Crippen LogP contribution in [-0.2, 0) is 0 Å². The van der Waals surface area contributed by atoms with E-state index in [1.165, 1.54) is 86.8 Å². The highest BCUT2D eigenvalue weighted by atomic mass is 14.8. The molecule has 0 fully saturated rings. The Morgan fingerprint density at radius 2 is 0.694 bits per heavy atom. The monoisotopic (exact) mass is 460 g/mol. The zero-order valence-corrected chi connectivity index (χ0v) is 20.2. The zero-order chi connectivity index (χ0) is 24.0. The Bertz CT molecular complexity index is 2020. The molecule has 8 aromatic carbocycles. The average Bonchev–Trinajstić information content (AvgIpc) is 2.93.